The largest absolute Gasteiger partial charge is 0.383 e. The zero-order valence-electron chi connectivity index (χ0n) is 15.3. The molecule has 1 saturated carbocycles. The summed E-state index contributed by atoms with van der Waals surface area (Å²) in [5.74, 6) is 0.852. The molecule has 0 spiro atoms. The minimum absolute atomic E-state index is 0.0180. The Hall–Kier alpha value is -1.59. The number of carbonyl (C=O) groups is 2. The first-order valence-electron chi connectivity index (χ1n) is 8.70. The monoisotopic (exact) mass is 359 g/mol. The first-order chi connectivity index (χ1) is 11.9. The number of benzene rings is 1. The van der Waals surface area contributed by atoms with Crippen LogP contribution >= 0.6 is 11.8 Å². The maximum Gasteiger partial charge on any atom is 0.198 e. The Morgan fingerprint density at radius 1 is 1.24 bits per heavy atom. The van der Waals surface area contributed by atoms with Gasteiger partial charge in [-0.25, -0.2) is 0 Å². The van der Waals surface area contributed by atoms with Crippen molar-refractivity contribution in [2.75, 3.05) is 27.0 Å². The van der Waals surface area contributed by atoms with E-state index in [1.54, 1.807) is 30.0 Å². The lowest BCUT2D eigenvalue weighted by Gasteiger charge is -2.27. The van der Waals surface area contributed by atoms with Gasteiger partial charge in [0.1, 0.15) is 0 Å². The van der Waals surface area contributed by atoms with Gasteiger partial charge in [-0.3, -0.25) is 9.59 Å². The molecule has 1 aliphatic heterocycles. The normalized spacial score (nSPS) is 20.2. The summed E-state index contributed by atoms with van der Waals surface area (Å²) < 4.78 is 5.64. The molecule has 1 aliphatic carbocycles. The topological polar surface area (TPSA) is 46.6 Å². The molecular formula is C20H25NO3S. The molecule has 1 atom stereocenters. The van der Waals surface area contributed by atoms with Crippen LogP contribution in [0.1, 0.15) is 46.9 Å². The second-order valence-corrected chi connectivity index (χ2v) is 8.12. The van der Waals surface area contributed by atoms with E-state index in [1.165, 1.54) is 4.90 Å². The molecule has 4 nitrogen and oxygen atoms in total. The average molecular weight is 359 g/mol. The Bertz CT molecular complexity index is 735. The molecule has 2 aliphatic rings. The number of ether oxygens (including phenoxy) is 1. The maximum atomic E-state index is 13.2. The van der Waals surface area contributed by atoms with E-state index in [1.807, 2.05) is 33.2 Å². The predicted octanol–water partition coefficient (Wildman–Crippen LogP) is 3.79. The summed E-state index contributed by atoms with van der Waals surface area (Å²) in [6.07, 6.45) is 4.41. The minimum Gasteiger partial charge on any atom is -0.383 e. The Kier molecular flexibility index (Phi) is 5.35. The van der Waals surface area contributed by atoms with Crippen molar-refractivity contribution < 1.29 is 14.3 Å². The summed E-state index contributed by atoms with van der Waals surface area (Å²) in [4.78, 5) is 28.8. The number of allylic oxidation sites excluding steroid dienone is 1. The molecular weight excluding hydrogens is 334 g/mol. The van der Waals surface area contributed by atoms with Crippen LogP contribution in [0.3, 0.4) is 0 Å². The van der Waals surface area contributed by atoms with E-state index in [0.717, 1.165) is 36.1 Å². The quantitative estimate of drug-likeness (QED) is 0.335. The van der Waals surface area contributed by atoms with Crippen molar-refractivity contribution in [1.82, 2.24) is 4.90 Å². The Balaban J connectivity index is 2.02. The fourth-order valence-electron chi connectivity index (χ4n) is 3.33. The van der Waals surface area contributed by atoms with Crippen molar-refractivity contribution in [2.45, 2.75) is 37.2 Å². The molecule has 0 saturated heterocycles. The Labute approximate surface area is 153 Å². The molecule has 0 N–H and O–H groups in total. The van der Waals surface area contributed by atoms with Crippen LogP contribution in [0.15, 0.2) is 28.8 Å². The number of thioether (sulfide) groups is 1. The molecule has 5 heteroatoms. The van der Waals surface area contributed by atoms with Crippen molar-refractivity contribution in [3.05, 3.63) is 40.6 Å². The van der Waals surface area contributed by atoms with E-state index in [-0.39, 0.29) is 23.6 Å². The van der Waals surface area contributed by atoms with Crippen LogP contribution in [0, 0.1) is 12.8 Å². The number of Topliss-reactive ketones (excluding diaryl/α,β-unsaturated/α-hetero) is 2. The van der Waals surface area contributed by atoms with Gasteiger partial charge in [0.25, 0.3) is 0 Å². The fourth-order valence-corrected chi connectivity index (χ4v) is 4.49. The van der Waals surface area contributed by atoms with Crippen LogP contribution in [0.2, 0.25) is 0 Å². The number of hydrogen-bond donors (Lipinski definition) is 0. The van der Waals surface area contributed by atoms with Crippen molar-refractivity contribution in [2.24, 2.45) is 5.92 Å². The first-order valence-corrected chi connectivity index (χ1v) is 9.68. The van der Waals surface area contributed by atoms with Gasteiger partial charge >= 0.3 is 0 Å². The van der Waals surface area contributed by atoms with Gasteiger partial charge in [-0.15, -0.1) is 11.8 Å². The van der Waals surface area contributed by atoms with Crippen LogP contribution in [-0.2, 0) is 9.53 Å². The lowest BCUT2D eigenvalue weighted by atomic mass is 9.90. The van der Waals surface area contributed by atoms with Gasteiger partial charge in [0.2, 0.25) is 0 Å². The summed E-state index contributed by atoms with van der Waals surface area (Å²) in [6.45, 7) is 1.97. The number of carbonyl (C=O) groups excluding carboxylic acids is 2. The van der Waals surface area contributed by atoms with Gasteiger partial charge in [0.15, 0.2) is 11.6 Å². The van der Waals surface area contributed by atoms with E-state index >= 15 is 0 Å². The molecule has 3 rings (SSSR count). The van der Waals surface area contributed by atoms with E-state index in [9.17, 15) is 9.59 Å². The zero-order valence-corrected chi connectivity index (χ0v) is 16.1. The highest BCUT2D eigenvalue weighted by Crippen LogP contribution is 2.41. The molecule has 0 bridgehead atoms. The molecule has 1 aromatic carbocycles. The highest BCUT2D eigenvalue weighted by molar-refractivity contribution is 7.99. The van der Waals surface area contributed by atoms with Gasteiger partial charge in [-0.2, -0.15) is 0 Å². The Morgan fingerprint density at radius 3 is 2.56 bits per heavy atom. The standard InChI is InChI=1S/C20H25NO3S/c1-12-14(7-8-17-18(12)16(24-4)9-10-25-17)20(23)15(11-21(2)3)19(22)13-5-6-13/h7-8,11,13,16H,5-6,9-10H2,1-4H3/b15-11+. The average Bonchev–Trinajstić information content (AvgIpc) is 3.43. The second-order valence-electron chi connectivity index (χ2n) is 6.99. The van der Waals surface area contributed by atoms with Crippen molar-refractivity contribution >= 4 is 23.3 Å². The number of nitrogens with zero attached hydrogens (tertiary/aromatic N) is 1. The molecule has 0 radical (unpaired) electrons. The molecule has 134 valence electrons. The maximum absolute atomic E-state index is 13.2. The van der Waals surface area contributed by atoms with Gasteiger partial charge < -0.3 is 9.64 Å². The smallest absolute Gasteiger partial charge is 0.198 e. The van der Waals surface area contributed by atoms with Crippen molar-refractivity contribution in [3.8, 4) is 0 Å². The molecule has 25 heavy (non-hydrogen) atoms. The summed E-state index contributed by atoms with van der Waals surface area (Å²) in [5, 5.41) is 0. The highest BCUT2D eigenvalue weighted by Gasteiger charge is 2.36. The number of ketones is 2. The van der Waals surface area contributed by atoms with Crippen LogP contribution in [0.5, 0.6) is 0 Å². The third-order valence-electron chi connectivity index (χ3n) is 4.81. The fraction of sp³-hybridized carbons (Fsp3) is 0.500. The predicted molar refractivity (Wildman–Crippen MR) is 100 cm³/mol. The SMILES string of the molecule is COC1CCSc2ccc(C(=O)/C(=C/N(C)C)C(=O)C3CC3)c(C)c21. The lowest BCUT2D eigenvalue weighted by Crippen LogP contribution is -2.20. The number of rotatable bonds is 6. The van der Waals surface area contributed by atoms with Crippen LogP contribution in [-0.4, -0.2) is 43.4 Å². The van der Waals surface area contributed by atoms with Crippen LogP contribution in [0.4, 0.5) is 0 Å². The molecule has 0 amide bonds. The van der Waals surface area contributed by atoms with E-state index in [4.69, 9.17) is 4.74 Å². The molecule has 0 aromatic heterocycles. The molecule has 1 fully saturated rings. The van der Waals surface area contributed by atoms with E-state index in [0.29, 0.717) is 11.1 Å². The zero-order chi connectivity index (χ0) is 18.1. The summed E-state index contributed by atoms with van der Waals surface area (Å²) in [6, 6.07) is 3.87. The lowest BCUT2D eigenvalue weighted by molar-refractivity contribution is -0.116. The highest BCUT2D eigenvalue weighted by atomic mass is 32.2. The summed E-state index contributed by atoms with van der Waals surface area (Å²) >= 11 is 1.80. The van der Waals surface area contributed by atoms with Gasteiger partial charge in [-0.1, -0.05) is 0 Å². The van der Waals surface area contributed by atoms with E-state index in [2.05, 4.69) is 0 Å². The van der Waals surface area contributed by atoms with Gasteiger partial charge in [0.05, 0.1) is 11.7 Å². The third-order valence-corrected chi connectivity index (χ3v) is 5.92. The van der Waals surface area contributed by atoms with Crippen LogP contribution < -0.4 is 0 Å². The van der Waals surface area contributed by atoms with E-state index < -0.39 is 0 Å². The first kappa shape index (κ1) is 18.2. The molecule has 1 unspecified atom stereocenters. The van der Waals surface area contributed by atoms with Crippen molar-refractivity contribution in [3.63, 3.8) is 0 Å². The molecule has 1 aromatic rings. The van der Waals surface area contributed by atoms with Crippen LogP contribution in [0.25, 0.3) is 0 Å². The summed E-state index contributed by atoms with van der Waals surface area (Å²) in [5.41, 5.74) is 2.96. The van der Waals surface area contributed by atoms with Gasteiger partial charge in [0, 0.05) is 49.5 Å². The molecule has 1 heterocycles. The number of methoxy groups -OCH3 is 1. The van der Waals surface area contributed by atoms with Gasteiger partial charge in [-0.05, 0) is 49.4 Å². The number of fused-ring (bicyclic) bond motifs is 1. The Morgan fingerprint density at radius 2 is 1.96 bits per heavy atom. The minimum atomic E-state index is -0.170. The second kappa shape index (κ2) is 7.34. The third kappa shape index (κ3) is 3.67. The summed E-state index contributed by atoms with van der Waals surface area (Å²) in [7, 11) is 5.39. The number of hydrogen-bond acceptors (Lipinski definition) is 5. The van der Waals surface area contributed by atoms with Crippen molar-refractivity contribution in [1.29, 1.82) is 0 Å².